The van der Waals surface area contributed by atoms with E-state index in [1.165, 1.54) is 0 Å². The molecule has 2 aromatic rings. The van der Waals surface area contributed by atoms with Crippen molar-refractivity contribution in [1.29, 1.82) is 0 Å². The average molecular weight is 426 g/mol. The SMILES string of the molecule is Cc1cccnc1NC[C@H]1CC[C@H](NC(=O)c2cc(C(F)(F)F)ccc2Cl)CC1. The lowest BCUT2D eigenvalue weighted by molar-refractivity contribution is -0.137. The molecule has 0 saturated heterocycles. The van der Waals surface area contributed by atoms with Gasteiger partial charge in [0.1, 0.15) is 5.82 Å². The molecule has 8 heteroatoms. The molecule has 1 aliphatic rings. The van der Waals surface area contributed by atoms with E-state index in [1.54, 1.807) is 6.20 Å². The zero-order valence-corrected chi connectivity index (χ0v) is 16.8. The highest BCUT2D eigenvalue weighted by Gasteiger charge is 2.32. The summed E-state index contributed by atoms with van der Waals surface area (Å²) in [5.74, 6) is 0.774. The summed E-state index contributed by atoms with van der Waals surface area (Å²) < 4.78 is 38.7. The molecular formula is C21H23ClF3N3O. The number of aromatic nitrogens is 1. The van der Waals surface area contributed by atoms with Gasteiger partial charge in [0.25, 0.3) is 5.91 Å². The molecule has 1 aliphatic carbocycles. The first-order valence-electron chi connectivity index (χ1n) is 9.57. The minimum atomic E-state index is -4.52. The van der Waals surface area contributed by atoms with E-state index in [0.29, 0.717) is 5.92 Å². The second-order valence-electron chi connectivity index (χ2n) is 7.43. The Bertz CT molecular complexity index is 864. The topological polar surface area (TPSA) is 54.0 Å². The highest BCUT2D eigenvalue weighted by Crippen LogP contribution is 2.32. The Labute approximate surface area is 172 Å². The third kappa shape index (κ3) is 5.63. The number of hydrogen-bond donors (Lipinski definition) is 2. The standard InChI is InChI=1S/C21H23ClF3N3O/c1-13-3-2-10-26-19(13)27-12-14-4-7-16(8-5-14)28-20(29)17-11-15(21(23,24)25)6-9-18(17)22/h2-3,6,9-11,14,16H,4-5,7-8,12H2,1H3,(H,26,27)(H,28,29)/t14-,16-. The number of carbonyl (C=O) groups excluding carboxylic acids is 1. The lowest BCUT2D eigenvalue weighted by atomic mass is 9.86. The van der Waals surface area contributed by atoms with Crippen LogP contribution in [0.15, 0.2) is 36.5 Å². The van der Waals surface area contributed by atoms with E-state index in [2.05, 4.69) is 15.6 Å². The molecule has 4 nitrogen and oxygen atoms in total. The van der Waals surface area contributed by atoms with Crippen molar-refractivity contribution in [3.05, 3.63) is 58.2 Å². The van der Waals surface area contributed by atoms with Crippen LogP contribution in [0.25, 0.3) is 0 Å². The number of rotatable bonds is 5. The van der Waals surface area contributed by atoms with Gasteiger partial charge < -0.3 is 10.6 Å². The van der Waals surface area contributed by atoms with Crippen LogP contribution in [-0.2, 0) is 6.18 Å². The van der Waals surface area contributed by atoms with E-state index in [0.717, 1.165) is 61.8 Å². The summed E-state index contributed by atoms with van der Waals surface area (Å²) in [5, 5.41) is 6.22. The normalized spacial score (nSPS) is 19.6. The molecule has 1 fully saturated rings. The van der Waals surface area contributed by atoms with Gasteiger partial charge in [-0.15, -0.1) is 0 Å². The number of anilines is 1. The Morgan fingerprint density at radius 1 is 1.21 bits per heavy atom. The van der Waals surface area contributed by atoms with E-state index in [4.69, 9.17) is 11.6 Å². The summed E-state index contributed by atoms with van der Waals surface area (Å²) in [6.07, 6.45) is 0.614. The van der Waals surface area contributed by atoms with Gasteiger partial charge in [0, 0.05) is 18.8 Å². The molecule has 1 saturated carbocycles. The fraction of sp³-hybridized carbons (Fsp3) is 0.429. The first-order valence-corrected chi connectivity index (χ1v) is 9.95. The molecule has 156 valence electrons. The van der Waals surface area contributed by atoms with E-state index in [9.17, 15) is 18.0 Å². The Balaban J connectivity index is 1.52. The monoisotopic (exact) mass is 425 g/mol. The van der Waals surface area contributed by atoms with Crippen LogP contribution in [0.3, 0.4) is 0 Å². The first kappa shape index (κ1) is 21.4. The Morgan fingerprint density at radius 3 is 2.59 bits per heavy atom. The molecule has 3 rings (SSSR count). The number of carbonyl (C=O) groups is 1. The fourth-order valence-electron chi connectivity index (χ4n) is 3.56. The quantitative estimate of drug-likeness (QED) is 0.668. The first-order chi connectivity index (χ1) is 13.7. The van der Waals surface area contributed by atoms with E-state index in [-0.39, 0.29) is 16.6 Å². The molecule has 0 spiro atoms. The largest absolute Gasteiger partial charge is 0.416 e. The van der Waals surface area contributed by atoms with Crippen molar-refractivity contribution in [1.82, 2.24) is 10.3 Å². The smallest absolute Gasteiger partial charge is 0.370 e. The summed E-state index contributed by atoms with van der Waals surface area (Å²) >= 11 is 5.95. The van der Waals surface area contributed by atoms with Crippen LogP contribution >= 0.6 is 11.6 Å². The molecule has 1 aromatic heterocycles. The maximum atomic E-state index is 12.9. The summed E-state index contributed by atoms with van der Waals surface area (Å²) in [7, 11) is 0. The third-order valence-corrected chi connectivity index (χ3v) is 5.62. The van der Waals surface area contributed by atoms with Gasteiger partial charge in [-0.05, 0) is 68.4 Å². The minimum Gasteiger partial charge on any atom is -0.370 e. The van der Waals surface area contributed by atoms with Crippen molar-refractivity contribution < 1.29 is 18.0 Å². The molecule has 1 amide bonds. The fourth-order valence-corrected chi connectivity index (χ4v) is 3.76. The van der Waals surface area contributed by atoms with Gasteiger partial charge in [0.2, 0.25) is 0 Å². The van der Waals surface area contributed by atoms with Gasteiger partial charge in [-0.1, -0.05) is 17.7 Å². The predicted molar refractivity (Wildman–Crippen MR) is 107 cm³/mol. The molecule has 0 unspecified atom stereocenters. The molecule has 1 aromatic carbocycles. The van der Waals surface area contributed by atoms with E-state index in [1.807, 2.05) is 19.1 Å². The molecular weight excluding hydrogens is 403 g/mol. The molecule has 0 aliphatic heterocycles. The number of pyridine rings is 1. The maximum absolute atomic E-state index is 12.9. The van der Waals surface area contributed by atoms with Crippen molar-refractivity contribution in [2.45, 2.75) is 44.8 Å². The summed E-state index contributed by atoms with van der Waals surface area (Å²) in [6, 6.07) is 6.62. The predicted octanol–water partition coefficient (Wildman–Crippen LogP) is 5.46. The Kier molecular flexibility index (Phi) is 6.67. The van der Waals surface area contributed by atoms with Crippen LogP contribution in [0.2, 0.25) is 5.02 Å². The van der Waals surface area contributed by atoms with Gasteiger partial charge in [0.05, 0.1) is 16.1 Å². The maximum Gasteiger partial charge on any atom is 0.416 e. The van der Waals surface area contributed by atoms with E-state index < -0.39 is 17.6 Å². The number of alkyl halides is 3. The highest BCUT2D eigenvalue weighted by molar-refractivity contribution is 6.33. The zero-order valence-electron chi connectivity index (χ0n) is 16.0. The van der Waals surface area contributed by atoms with Crippen molar-refractivity contribution >= 4 is 23.3 Å². The van der Waals surface area contributed by atoms with Crippen molar-refractivity contribution in [2.24, 2.45) is 5.92 Å². The van der Waals surface area contributed by atoms with Crippen LogP contribution in [0, 0.1) is 12.8 Å². The number of nitrogens with zero attached hydrogens (tertiary/aromatic N) is 1. The number of amides is 1. The van der Waals surface area contributed by atoms with Gasteiger partial charge >= 0.3 is 6.18 Å². The van der Waals surface area contributed by atoms with Gasteiger partial charge in [-0.3, -0.25) is 4.79 Å². The zero-order chi connectivity index (χ0) is 21.0. The van der Waals surface area contributed by atoms with Crippen LogP contribution in [0.1, 0.15) is 47.2 Å². The van der Waals surface area contributed by atoms with Crippen molar-refractivity contribution in [3.8, 4) is 0 Å². The minimum absolute atomic E-state index is 0.0131. The second kappa shape index (κ2) is 9.03. The molecule has 29 heavy (non-hydrogen) atoms. The lowest BCUT2D eigenvalue weighted by Gasteiger charge is -2.29. The lowest BCUT2D eigenvalue weighted by Crippen LogP contribution is -2.38. The summed E-state index contributed by atoms with van der Waals surface area (Å²) in [6.45, 7) is 2.80. The van der Waals surface area contributed by atoms with Gasteiger partial charge in [-0.2, -0.15) is 13.2 Å². The molecule has 2 N–H and O–H groups in total. The summed E-state index contributed by atoms with van der Waals surface area (Å²) in [5.41, 5.74) is 0.0639. The summed E-state index contributed by atoms with van der Waals surface area (Å²) in [4.78, 5) is 16.8. The van der Waals surface area contributed by atoms with Crippen LogP contribution < -0.4 is 10.6 Å². The van der Waals surface area contributed by atoms with Crippen LogP contribution in [0.4, 0.5) is 19.0 Å². The van der Waals surface area contributed by atoms with Crippen LogP contribution in [-0.4, -0.2) is 23.5 Å². The number of halogens is 4. The second-order valence-corrected chi connectivity index (χ2v) is 7.84. The van der Waals surface area contributed by atoms with Crippen molar-refractivity contribution in [3.63, 3.8) is 0 Å². The van der Waals surface area contributed by atoms with E-state index >= 15 is 0 Å². The molecule has 0 atom stereocenters. The number of nitrogens with one attached hydrogen (secondary N) is 2. The Hall–Kier alpha value is -2.28. The van der Waals surface area contributed by atoms with Crippen molar-refractivity contribution in [2.75, 3.05) is 11.9 Å². The van der Waals surface area contributed by atoms with Gasteiger partial charge in [0.15, 0.2) is 0 Å². The molecule has 0 bridgehead atoms. The number of benzene rings is 1. The highest BCUT2D eigenvalue weighted by atomic mass is 35.5. The van der Waals surface area contributed by atoms with Crippen LogP contribution in [0.5, 0.6) is 0 Å². The average Bonchev–Trinajstić information content (AvgIpc) is 2.68. The number of aryl methyl sites for hydroxylation is 1. The number of hydrogen-bond acceptors (Lipinski definition) is 3. The Morgan fingerprint density at radius 2 is 1.93 bits per heavy atom. The molecule has 1 heterocycles. The van der Waals surface area contributed by atoms with Gasteiger partial charge in [-0.25, -0.2) is 4.98 Å². The molecule has 0 radical (unpaired) electrons. The third-order valence-electron chi connectivity index (χ3n) is 5.29.